The van der Waals surface area contributed by atoms with Crippen LogP contribution in [-0.4, -0.2) is 23.2 Å². The van der Waals surface area contributed by atoms with Crippen molar-refractivity contribution in [3.63, 3.8) is 0 Å². The van der Waals surface area contributed by atoms with E-state index in [0.717, 1.165) is 17.0 Å². The molecule has 1 N–H and O–H groups in total. The first-order chi connectivity index (χ1) is 11.9. The number of carbonyl (C=O) groups is 2. The van der Waals surface area contributed by atoms with E-state index in [1.165, 1.54) is 18.7 Å². The first-order valence-corrected chi connectivity index (χ1v) is 8.43. The van der Waals surface area contributed by atoms with Crippen molar-refractivity contribution in [2.45, 2.75) is 30.1 Å². The van der Waals surface area contributed by atoms with Crippen molar-refractivity contribution in [2.75, 3.05) is 5.32 Å². The van der Waals surface area contributed by atoms with Gasteiger partial charge in [0.1, 0.15) is 16.9 Å². The number of hydrogen-bond donors (Lipinski definition) is 1. The maximum atomic E-state index is 13.5. The number of hydrogen-bond acceptors (Lipinski definition) is 4. The van der Waals surface area contributed by atoms with Gasteiger partial charge in [0.05, 0.1) is 5.69 Å². The predicted molar refractivity (Wildman–Crippen MR) is 92.3 cm³/mol. The zero-order valence-electron chi connectivity index (χ0n) is 13.7. The fraction of sp³-hybridized carbons (Fsp3) is 0.222. The van der Waals surface area contributed by atoms with Crippen LogP contribution in [0.4, 0.5) is 14.5 Å². The van der Waals surface area contributed by atoms with Crippen molar-refractivity contribution < 1.29 is 23.1 Å². The van der Waals surface area contributed by atoms with Crippen molar-refractivity contribution in [2.24, 2.45) is 0 Å². The SMILES string of the molecule is C[C@H](OC(=O)[C@@H](C)Sc1ccccc1)C(=O)Nc1ccc(F)cc1F. The van der Waals surface area contributed by atoms with E-state index in [1.807, 2.05) is 30.3 Å². The maximum Gasteiger partial charge on any atom is 0.319 e. The summed E-state index contributed by atoms with van der Waals surface area (Å²) in [5, 5.41) is 1.75. The van der Waals surface area contributed by atoms with Gasteiger partial charge >= 0.3 is 5.97 Å². The fourth-order valence-corrected chi connectivity index (χ4v) is 2.77. The number of esters is 1. The summed E-state index contributed by atoms with van der Waals surface area (Å²) >= 11 is 1.31. The highest BCUT2D eigenvalue weighted by Gasteiger charge is 2.23. The predicted octanol–water partition coefficient (Wildman–Crippen LogP) is 4.02. The molecule has 25 heavy (non-hydrogen) atoms. The zero-order chi connectivity index (χ0) is 18.4. The number of amides is 1. The van der Waals surface area contributed by atoms with Gasteiger partial charge in [0.25, 0.3) is 5.91 Å². The summed E-state index contributed by atoms with van der Waals surface area (Å²) in [6, 6.07) is 12.1. The third kappa shape index (κ3) is 5.56. The van der Waals surface area contributed by atoms with Gasteiger partial charge in [0.2, 0.25) is 0 Å². The van der Waals surface area contributed by atoms with Crippen LogP contribution in [0.2, 0.25) is 0 Å². The van der Waals surface area contributed by atoms with Gasteiger partial charge in [-0.05, 0) is 38.1 Å². The van der Waals surface area contributed by atoms with Gasteiger partial charge in [-0.1, -0.05) is 18.2 Å². The number of halogens is 2. The number of anilines is 1. The number of nitrogens with one attached hydrogen (secondary N) is 1. The van der Waals surface area contributed by atoms with Crippen LogP contribution in [0.15, 0.2) is 53.4 Å². The van der Waals surface area contributed by atoms with Gasteiger partial charge < -0.3 is 10.1 Å². The van der Waals surface area contributed by atoms with E-state index in [9.17, 15) is 18.4 Å². The molecule has 0 aliphatic carbocycles. The molecule has 7 heteroatoms. The normalized spacial score (nSPS) is 13.0. The van der Waals surface area contributed by atoms with E-state index in [1.54, 1.807) is 6.92 Å². The molecular weight excluding hydrogens is 348 g/mol. The highest BCUT2D eigenvalue weighted by atomic mass is 32.2. The lowest BCUT2D eigenvalue weighted by Crippen LogP contribution is -2.32. The molecular formula is C18H17F2NO3S. The Kier molecular flexibility index (Phi) is 6.52. The minimum absolute atomic E-state index is 0.180. The molecule has 0 aliphatic heterocycles. The van der Waals surface area contributed by atoms with Crippen LogP contribution in [-0.2, 0) is 14.3 Å². The van der Waals surface area contributed by atoms with Crippen LogP contribution >= 0.6 is 11.8 Å². The first-order valence-electron chi connectivity index (χ1n) is 7.55. The molecule has 0 bridgehead atoms. The summed E-state index contributed by atoms with van der Waals surface area (Å²) < 4.78 is 31.5. The van der Waals surface area contributed by atoms with Crippen LogP contribution in [0.25, 0.3) is 0 Å². The minimum atomic E-state index is -1.12. The zero-order valence-corrected chi connectivity index (χ0v) is 14.5. The molecule has 0 radical (unpaired) electrons. The molecule has 0 saturated heterocycles. The molecule has 0 fully saturated rings. The first kappa shape index (κ1) is 18.9. The summed E-state index contributed by atoms with van der Waals surface area (Å²) in [5.41, 5.74) is -0.180. The standard InChI is InChI=1S/C18H17F2NO3S/c1-11(17(22)21-16-9-8-13(19)10-15(16)20)24-18(23)12(2)25-14-6-4-3-5-7-14/h3-12H,1-2H3,(H,21,22)/t11-,12+/m0/s1. The summed E-state index contributed by atoms with van der Waals surface area (Å²) in [5.74, 6) is -2.91. The van der Waals surface area contributed by atoms with Crippen molar-refractivity contribution in [3.05, 3.63) is 60.2 Å². The average molecular weight is 365 g/mol. The van der Waals surface area contributed by atoms with Gasteiger partial charge in [-0.2, -0.15) is 0 Å². The van der Waals surface area contributed by atoms with Crippen LogP contribution in [0.3, 0.4) is 0 Å². The molecule has 0 heterocycles. The molecule has 2 aromatic rings. The molecule has 0 aliphatic rings. The Hall–Kier alpha value is -2.41. The summed E-state index contributed by atoms with van der Waals surface area (Å²) in [4.78, 5) is 25.0. The second-order valence-corrected chi connectivity index (χ2v) is 6.68. The number of ether oxygens (including phenoxy) is 1. The molecule has 2 rings (SSSR count). The van der Waals surface area contributed by atoms with Gasteiger partial charge in [0, 0.05) is 11.0 Å². The average Bonchev–Trinajstić information content (AvgIpc) is 2.58. The summed E-state index contributed by atoms with van der Waals surface area (Å²) in [6.45, 7) is 3.05. The molecule has 4 nitrogen and oxygen atoms in total. The Balaban J connectivity index is 1.90. The Morgan fingerprint density at radius 3 is 2.40 bits per heavy atom. The second-order valence-electron chi connectivity index (χ2n) is 5.27. The molecule has 2 atom stereocenters. The van der Waals surface area contributed by atoms with E-state index in [2.05, 4.69) is 5.32 Å². The molecule has 1 amide bonds. The Morgan fingerprint density at radius 1 is 1.08 bits per heavy atom. The van der Waals surface area contributed by atoms with E-state index in [-0.39, 0.29) is 5.69 Å². The Labute approximate surface area is 148 Å². The smallest absolute Gasteiger partial charge is 0.319 e. The van der Waals surface area contributed by atoms with Gasteiger partial charge in [-0.3, -0.25) is 9.59 Å². The van der Waals surface area contributed by atoms with Crippen molar-refractivity contribution in [3.8, 4) is 0 Å². The van der Waals surface area contributed by atoms with Gasteiger partial charge in [0.15, 0.2) is 6.10 Å². The largest absolute Gasteiger partial charge is 0.452 e. The van der Waals surface area contributed by atoms with Crippen LogP contribution in [0.1, 0.15) is 13.8 Å². The maximum absolute atomic E-state index is 13.5. The van der Waals surface area contributed by atoms with Gasteiger partial charge in [-0.15, -0.1) is 11.8 Å². The Morgan fingerprint density at radius 2 is 1.76 bits per heavy atom. The number of carbonyl (C=O) groups excluding carboxylic acids is 2. The van der Waals surface area contributed by atoms with Gasteiger partial charge in [-0.25, -0.2) is 8.78 Å². The third-order valence-electron chi connectivity index (χ3n) is 3.24. The van der Waals surface area contributed by atoms with Crippen LogP contribution in [0.5, 0.6) is 0 Å². The molecule has 2 aromatic carbocycles. The van der Waals surface area contributed by atoms with Crippen molar-refractivity contribution in [1.29, 1.82) is 0 Å². The van der Waals surface area contributed by atoms with Crippen LogP contribution < -0.4 is 5.32 Å². The summed E-state index contributed by atoms with van der Waals surface area (Å²) in [6.07, 6.45) is -1.12. The lowest BCUT2D eigenvalue weighted by Gasteiger charge is -2.16. The van der Waals surface area contributed by atoms with Crippen molar-refractivity contribution in [1.82, 2.24) is 0 Å². The number of thioether (sulfide) groups is 1. The lowest BCUT2D eigenvalue weighted by atomic mass is 10.2. The van der Waals surface area contributed by atoms with E-state index >= 15 is 0 Å². The van der Waals surface area contributed by atoms with E-state index in [4.69, 9.17) is 4.74 Å². The minimum Gasteiger partial charge on any atom is -0.452 e. The highest BCUT2D eigenvalue weighted by molar-refractivity contribution is 8.00. The molecule has 0 aromatic heterocycles. The quantitative estimate of drug-likeness (QED) is 0.621. The molecule has 0 saturated carbocycles. The number of benzene rings is 2. The van der Waals surface area contributed by atoms with Crippen LogP contribution in [0, 0.1) is 11.6 Å². The topological polar surface area (TPSA) is 55.4 Å². The monoisotopic (exact) mass is 365 g/mol. The molecule has 132 valence electrons. The van der Waals surface area contributed by atoms with E-state index in [0.29, 0.717) is 6.07 Å². The molecule has 0 spiro atoms. The highest BCUT2D eigenvalue weighted by Crippen LogP contribution is 2.24. The fourth-order valence-electron chi connectivity index (χ4n) is 1.90. The van der Waals surface area contributed by atoms with E-state index < -0.39 is 34.9 Å². The third-order valence-corrected chi connectivity index (χ3v) is 4.33. The second kappa shape index (κ2) is 8.62. The van der Waals surface area contributed by atoms with Crippen molar-refractivity contribution >= 4 is 29.3 Å². The lowest BCUT2D eigenvalue weighted by molar-refractivity contribution is -0.152. The number of rotatable bonds is 6. The Bertz CT molecular complexity index is 755. The summed E-state index contributed by atoms with van der Waals surface area (Å²) in [7, 11) is 0. The molecule has 0 unspecified atom stereocenters.